The number of aromatic nitrogens is 2. The summed E-state index contributed by atoms with van der Waals surface area (Å²) in [6.07, 6.45) is 2.21. The molecule has 0 N–H and O–H groups in total. The maximum Gasteiger partial charge on any atom is 0.152 e. The van der Waals surface area contributed by atoms with Crippen molar-refractivity contribution in [2.24, 2.45) is 0 Å². The molecular weight excluding hydrogens is 408 g/mol. The van der Waals surface area contributed by atoms with Gasteiger partial charge in [0.2, 0.25) is 0 Å². The van der Waals surface area contributed by atoms with Crippen LogP contribution in [0.2, 0.25) is 5.02 Å². The van der Waals surface area contributed by atoms with Crippen molar-refractivity contribution in [1.29, 1.82) is 0 Å². The molecule has 0 aliphatic heterocycles. The van der Waals surface area contributed by atoms with Crippen LogP contribution in [0.3, 0.4) is 0 Å². The lowest BCUT2D eigenvalue weighted by Crippen LogP contribution is -1.95. The summed E-state index contributed by atoms with van der Waals surface area (Å²) in [6, 6.07) is 15.9. The van der Waals surface area contributed by atoms with E-state index < -0.39 is 0 Å². The summed E-state index contributed by atoms with van der Waals surface area (Å²) in [5.74, 6) is 0.902. The molecule has 0 fully saturated rings. The highest BCUT2D eigenvalue weighted by Gasteiger charge is 2.12. The van der Waals surface area contributed by atoms with Crippen LogP contribution in [0.25, 0.3) is 32.5 Å². The minimum absolute atomic E-state index is 0.714. The molecule has 4 rings (SSSR count). The molecule has 142 valence electrons. The predicted molar refractivity (Wildman–Crippen MR) is 120 cm³/mol. The van der Waals surface area contributed by atoms with Crippen LogP contribution in [0.4, 0.5) is 0 Å². The normalized spacial score (nSPS) is 10.9. The van der Waals surface area contributed by atoms with Gasteiger partial charge in [-0.05, 0) is 42.8 Å². The fourth-order valence-electron chi connectivity index (χ4n) is 2.71. The number of unbranched alkanes of at least 4 members (excludes halogenated alkanes) is 1. The standard InChI is InChI=1S/C22H19ClN2OS2/c1-2-3-11-26-18-9-7-15(8-10-18)19-13-27-21(24-19)22-25-20(14-28-22)16-5-4-6-17(23)12-16/h4-10,12-14H,2-3,11H2,1H3. The number of hydrogen-bond acceptors (Lipinski definition) is 5. The average molecular weight is 427 g/mol. The number of thiazole rings is 2. The topological polar surface area (TPSA) is 35.0 Å². The van der Waals surface area contributed by atoms with Gasteiger partial charge in [-0.15, -0.1) is 22.7 Å². The number of hydrogen-bond donors (Lipinski definition) is 0. The molecule has 2 aromatic heterocycles. The van der Waals surface area contributed by atoms with Crippen molar-refractivity contribution in [2.75, 3.05) is 6.61 Å². The van der Waals surface area contributed by atoms with E-state index in [-0.39, 0.29) is 0 Å². The molecule has 28 heavy (non-hydrogen) atoms. The van der Waals surface area contributed by atoms with Crippen LogP contribution in [0, 0.1) is 0 Å². The molecule has 0 atom stereocenters. The Morgan fingerprint density at radius 3 is 2.21 bits per heavy atom. The first kappa shape index (κ1) is 19.1. The van der Waals surface area contributed by atoms with Gasteiger partial charge in [0.15, 0.2) is 10.0 Å². The van der Waals surface area contributed by atoms with E-state index in [0.717, 1.165) is 57.7 Å². The van der Waals surface area contributed by atoms with Gasteiger partial charge in [0.25, 0.3) is 0 Å². The Kier molecular flexibility index (Phi) is 6.05. The summed E-state index contributed by atoms with van der Waals surface area (Å²) in [5, 5.41) is 6.68. The Balaban J connectivity index is 1.50. The second kappa shape index (κ2) is 8.86. The van der Waals surface area contributed by atoms with Crippen molar-refractivity contribution < 1.29 is 4.74 Å². The fraction of sp³-hybridized carbons (Fsp3) is 0.182. The second-order valence-electron chi connectivity index (χ2n) is 6.31. The van der Waals surface area contributed by atoms with Crippen LogP contribution in [-0.2, 0) is 0 Å². The first-order valence-corrected chi connectivity index (χ1v) is 11.3. The van der Waals surface area contributed by atoms with Gasteiger partial charge in [-0.25, -0.2) is 9.97 Å². The van der Waals surface area contributed by atoms with Crippen molar-refractivity contribution in [3.8, 4) is 38.3 Å². The fourth-order valence-corrected chi connectivity index (χ4v) is 4.61. The molecule has 0 saturated heterocycles. The quantitative estimate of drug-likeness (QED) is 0.288. The average Bonchev–Trinajstić information content (AvgIpc) is 3.39. The Bertz CT molecular complexity index is 1060. The maximum absolute atomic E-state index is 6.09. The van der Waals surface area contributed by atoms with Crippen molar-refractivity contribution in [1.82, 2.24) is 9.97 Å². The molecule has 3 nitrogen and oxygen atoms in total. The zero-order chi connectivity index (χ0) is 19.3. The third-order valence-electron chi connectivity index (χ3n) is 4.23. The van der Waals surface area contributed by atoms with E-state index in [2.05, 4.69) is 24.4 Å². The molecule has 2 aromatic carbocycles. The highest BCUT2D eigenvalue weighted by Crippen LogP contribution is 2.34. The summed E-state index contributed by atoms with van der Waals surface area (Å²) in [5.41, 5.74) is 3.98. The van der Waals surface area contributed by atoms with Crippen LogP contribution in [-0.4, -0.2) is 16.6 Å². The zero-order valence-electron chi connectivity index (χ0n) is 15.4. The van der Waals surface area contributed by atoms with Gasteiger partial charge >= 0.3 is 0 Å². The Morgan fingerprint density at radius 1 is 0.893 bits per heavy atom. The van der Waals surface area contributed by atoms with E-state index in [1.807, 2.05) is 41.8 Å². The Labute approximate surface area is 177 Å². The SMILES string of the molecule is CCCCOc1ccc(-c2csc(-c3nc(-c4cccc(Cl)c4)cs3)n2)cc1. The van der Waals surface area contributed by atoms with Crippen LogP contribution >= 0.6 is 34.3 Å². The van der Waals surface area contributed by atoms with E-state index in [1.165, 1.54) is 0 Å². The molecule has 4 aromatic rings. The van der Waals surface area contributed by atoms with Gasteiger partial charge < -0.3 is 4.74 Å². The van der Waals surface area contributed by atoms with Gasteiger partial charge in [-0.2, -0.15) is 0 Å². The largest absolute Gasteiger partial charge is 0.494 e. The molecule has 0 unspecified atom stereocenters. The summed E-state index contributed by atoms with van der Waals surface area (Å²) in [7, 11) is 0. The summed E-state index contributed by atoms with van der Waals surface area (Å²) < 4.78 is 5.73. The molecule has 6 heteroatoms. The maximum atomic E-state index is 6.09. The van der Waals surface area contributed by atoms with E-state index in [0.29, 0.717) is 5.02 Å². The van der Waals surface area contributed by atoms with Gasteiger partial charge in [0.05, 0.1) is 18.0 Å². The summed E-state index contributed by atoms with van der Waals surface area (Å²) in [4.78, 5) is 9.52. The van der Waals surface area contributed by atoms with Crippen molar-refractivity contribution in [3.05, 3.63) is 64.3 Å². The summed E-state index contributed by atoms with van der Waals surface area (Å²) >= 11 is 9.30. The number of halogens is 1. The van der Waals surface area contributed by atoms with Crippen LogP contribution in [0.1, 0.15) is 19.8 Å². The number of benzene rings is 2. The molecule has 0 amide bonds. The third-order valence-corrected chi connectivity index (χ3v) is 6.29. The van der Waals surface area contributed by atoms with Crippen LogP contribution in [0.15, 0.2) is 59.3 Å². The van der Waals surface area contributed by atoms with Crippen molar-refractivity contribution >= 4 is 34.3 Å². The van der Waals surface area contributed by atoms with Gasteiger partial charge in [-0.3, -0.25) is 0 Å². The monoisotopic (exact) mass is 426 g/mol. The Hall–Kier alpha value is -2.21. The van der Waals surface area contributed by atoms with Crippen LogP contribution < -0.4 is 4.74 Å². The first-order valence-electron chi connectivity index (χ1n) is 9.13. The Morgan fingerprint density at radius 2 is 1.57 bits per heavy atom. The first-order chi connectivity index (χ1) is 13.7. The second-order valence-corrected chi connectivity index (χ2v) is 8.47. The number of rotatable bonds is 7. The van der Waals surface area contributed by atoms with E-state index in [1.54, 1.807) is 22.7 Å². The van der Waals surface area contributed by atoms with Crippen molar-refractivity contribution in [2.45, 2.75) is 19.8 Å². The number of nitrogens with zero attached hydrogens (tertiary/aromatic N) is 2. The molecule has 0 aliphatic rings. The predicted octanol–water partition coefficient (Wildman–Crippen LogP) is 7.43. The molecular formula is C22H19ClN2OS2. The molecule has 0 spiro atoms. The van der Waals surface area contributed by atoms with Gasteiger partial charge in [-0.1, -0.05) is 37.1 Å². The van der Waals surface area contributed by atoms with Gasteiger partial charge in [0.1, 0.15) is 5.75 Å². The molecule has 2 heterocycles. The lowest BCUT2D eigenvalue weighted by atomic mass is 10.2. The summed E-state index contributed by atoms with van der Waals surface area (Å²) in [6.45, 7) is 2.92. The lowest BCUT2D eigenvalue weighted by Gasteiger charge is -2.05. The minimum Gasteiger partial charge on any atom is -0.494 e. The molecule has 0 saturated carbocycles. The highest BCUT2D eigenvalue weighted by atomic mass is 35.5. The van der Waals surface area contributed by atoms with E-state index in [4.69, 9.17) is 26.3 Å². The highest BCUT2D eigenvalue weighted by molar-refractivity contribution is 7.20. The van der Waals surface area contributed by atoms with Gasteiger partial charge in [0, 0.05) is 26.9 Å². The molecule has 0 aliphatic carbocycles. The van der Waals surface area contributed by atoms with E-state index >= 15 is 0 Å². The third kappa shape index (κ3) is 4.43. The van der Waals surface area contributed by atoms with E-state index in [9.17, 15) is 0 Å². The van der Waals surface area contributed by atoms with Crippen LogP contribution in [0.5, 0.6) is 5.75 Å². The number of ether oxygens (including phenoxy) is 1. The smallest absolute Gasteiger partial charge is 0.152 e. The lowest BCUT2D eigenvalue weighted by molar-refractivity contribution is 0.309. The van der Waals surface area contributed by atoms with Crippen molar-refractivity contribution in [3.63, 3.8) is 0 Å². The zero-order valence-corrected chi connectivity index (χ0v) is 17.8. The molecule has 0 bridgehead atoms. The minimum atomic E-state index is 0.714. The molecule has 0 radical (unpaired) electrons.